The van der Waals surface area contributed by atoms with Crippen LogP contribution in [0.25, 0.3) is 85.8 Å². The molecular weight excluding hydrogens is 691 g/mol. The van der Waals surface area contributed by atoms with Gasteiger partial charge >= 0.3 is 0 Å². The van der Waals surface area contributed by atoms with Crippen molar-refractivity contribution in [2.24, 2.45) is 15.4 Å². The molecule has 1 aliphatic heterocycles. The van der Waals surface area contributed by atoms with Gasteiger partial charge in [0.15, 0.2) is 0 Å². The quantitative estimate of drug-likeness (QED) is 0.167. The molecule has 55 heavy (non-hydrogen) atoms. The molecule has 2 atom stereocenters. The van der Waals surface area contributed by atoms with Crippen LogP contribution in [0, 0.1) is 5.41 Å². The van der Waals surface area contributed by atoms with Crippen molar-refractivity contribution in [3.05, 3.63) is 170 Å². The van der Waals surface area contributed by atoms with Crippen LogP contribution in [0.5, 0.6) is 0 Å². The largest absolute Gasteiger partial charge is 0.262 e. The number of nitrogens with zero attached hydrogens (tertiary/aromatic N) is 5. The zero-order valence-electron chi connectivity index (χ0n) is 29.8. The number of allylic oxidation sites excluding steroid dienone is 3. The number of pyridine rings is 2. The number of aromatic nitrogens is 3. The van der Waals surface area contributed by atoms with Crippen LogP contribution in [0.1, 0.15) is 18.5 Å². The van der Waals surface area contributed by atoms with Crippen LogP contribution in [0.4, 0.5) is 0 Å². The van der Waals surface area contributed by atoms with Gasteiger partial charge in [-0.1, -0.05) is 121 Å². The summed E-state index contributed by atoms with van der Waals surface area (Å²) in [4.78, 5) is 21.3. The van der Waals surface area contributed by atoms with Gasteiger partial charge < -0.3 is 0 Å². The van der Waals surface area contributed by atoms with E-state index in [0.29, 0.717) is 5.96 Å². The van der Waals surface area contributed by atoms with Gasteiger partial charge in [-0.15, -0.1) is 11.3 Å². The summed E-state index contributed by atoms with van der Waals surface area (Å²) in [5, 5.41) is 10.7. The Morgan fingerprint density at radius 1 is 0.655 bits per heavy atom. The van der Waals surface area contributed by atoms with Crippen LogP contribution in [0.2, 0.25) is 0 Å². The Hall–Kier alpha value is -6.76. The molecule has 4 aromatic heterocycles. The second-order valence-corrected chi connectivity index (χ2v) is 15.8. The summed E-state index contributed by atoms with van der Waals surface area (Å²) in [6.45, 7) is 2.23. The van der Waals surface area contributed by atoms with E-state index < -0.39 is 0 Å². The summed E-state index contributed by atoms with van der Waals surface area (Å²) >= 11 is 1.86. The smallest absolute Gasteiger partial charge is 0.232 e. The molecule has 2 aliphatic rings. The fourth-order valence-electron chi connectivity index (χ4n) is 9.11. The molecule has 6 aromatic carbocycles. The van der Waals surface area contributed by atoms with E-state index in [2.05, 4.69) is 163 Å². The lowest BCUT2D eigenvalue weighted by Gasteiger charge is -2.37. The fourth-order valence-corrected chi connectivity index (χ4v) is 10.4. The normalized spacial score (nSPS) is 18.2. The Labute approximate surface area is 320 Å². The minimum atomic E-state index is -0.369. The Balaban J connectivity index is 1.14. The minimum absolute atomic E-state index is 0.151. The molecule has 10 aromatic rings. The molecule has 0 bridgehead atoms. The molecular formula is C49H31N5S. The van der Waals surface area contributed by atoms with Crippen LogP contribution in [-0.2, 0) is 0 Å². The Bertz CT molecular complexity index is 3400. The molecule has 0 radical (unpaired) electrons. The Kier molecular flexibility index (Phi) is 6.34. The van der Waals surface area contributed by atoms with Crippen molar-refractivity contribution in [1.29, 1.82) is 0 Å². The minimum Gasteiger partial charge on any atom is -0.262 e. The van der Waals surface area contributed by atoms with Gasteiger partial charge in [-0.25, -0.2) is 20.0 Å². The summed E-state index contributed by atoms with van der Waals surface area (Å²) in [5.74, 6) is 0.639. The summed E-state index contributed by atoms with van der Waals surface area (Å²) in [6, 6.07) is 47.6. The molecule has 6 heteroatoms. The molecule has 0 spiro atoms. The van der Waals surface area contributed by atoms with E-state index in [1.54, 1.807) is 0 Å². The molecule has 0 saturated carbocycles. The molecule has 5 heterocycles. The third-order valence-electron chi connectivity index (χ3n) is 11.7. The summed E-state index contributed by atoms with van der Waals surface area (Å²) in [5.41, 5.74) is 6.68. The highest BCUT2D eigenvalue weighted by molar-refractivity contribution is 7.27. The maximum absolute atomic E-state index is 5.68. The lowest BCUT2D eigenvalue weighted by atomic mass is 9.72. The molecule has 12 rings (SSSR count). The highest BCUT2D eigenvalue weighted by atomic mass is 32.1. The monoisotopic (exact) mass is 721 g/mol. The zero-order chi connectivity index (χ0) is 36.3. The standard InChI is InChI=1S/C49H31N5S/c1-49-26-12-11-23-40(49)51-48(53-46(49)29-14-3-2-4-15-29)54-38-25-24-30(28-37(38)35-21-13-27-50-47(35)54)43-33-18-7-5-16-31(33)41-32-17-6-8-19-34(32)45-42(44(41)52-43)36-20-9-10-22-39(36)55-45/h2-28,46H,1H3. The van der Waals surface area contributed by atoms with Crippen LogP contribution < -0.4 is 0 Å². The van der Waals surface area contributed by atoms with Gasteiger partial charge in [0, 0.05) is 58.9 Å². The van der Waals surface area contributed by atoms with E-state index in [1.807, 2.05) is 23.6 Å². The maximum atomic E-state index is 5.68. The molecule has 0 amide bonds. The van der Waals surface area contributed by atoms with E-state index in [-0.39, 0.29) is 11.5 Å². The van der Waals surface area contributed by atoms with Gasteiger partial charge in [0.25, 0.3) is 0 Å². The SMILES string of the molecule is CC12C=CC=CC1=NC(n1c3ccc(-c4nc5c(c6ccccc46)c4ccccc4c4sc6ccccc6c54)cc3c3cccnc31)=NC2c1ccccc1. The van der Waals surface area contributed by atoms with Crippen molar-refractivity contribution in [2.75, 3.05) is 0 Å². The maximum Gasteiger partial charge on any atom is 0.232 e. The predicted molar refractivity (Wildman–Crippen MR) is 232 cm³/mol. The summed E-state index contributed by atoms with van der Waals surface area (Å²) < 4.78 is 4.70. The second-order valence-electron chi connectivity index (χ2n) is 14.8. The molecule has 0 saturated heterocycles. The average Bonchev–Trinajstić information content (AvgIpc) is 3.80. The average molecular weight is 722 g/mol. The first-order valence-corrected chi connectivity index (χ1v) is 19.5. The van der Waals surface area contributed by atoms with Crippen molar-refractivity contribution in [1.82, 2.24) is 14.5 Å². The van der Waals surface area contributed by atoms with Crippen molar-refractivity contribution in [2.45, 2.75) is 13.0 Å². The van der Waals surface area contributed by atoms with Gasteiger partial charge in [0.05, 0.1) is 33.9 Å². The Morgan fingerprint density at radius 3 is 2.24 bits per heavy atom. The Morgan fingerprint density at radius 2 is 1.38 bits per heavy atom. The van der Waals surface area contributed by atoms with Gasteiger partial charge in [-0.2, -0.15) is 0 Å². The van der Waals surface area contributed by atoms with Gasteiger partial charge in [0.1, 0.15) is 5.65 Å². The van der Waals surface area contributed by atoms with Crippen molar-refractivity contribution in [3.8, 4) is 11.3 Å². The van der Waals surface area contributed by atoms with Gasteiger partial charge in [-0.05, 0) is 59.7 Å². The van der Waals surface area contributed by atoms with Crippen molar-refractivity contribution in [3.63, 3.8) is 0 Å². The molecule has 5 nitrogen and oxygen atoms in total. The van der Waals surface area contributed by atoms with Crippen molar-refractivity contribution < 1.29 is 0 Å². The highest BCUT2D eigenvalue weighted by Crippen LogP contribution is 2.48. The van der Waals surface area contributed by atoms with E-state index in [9.17, 15) is 0 Å². The van der Waals surface area contributed by atoms with Crippen LogP contribution in [0.3, 0.4) is 0 Å². The number of hydrogen-bond acceptors (Lipinski definition) is 5. The fraction of sp³-hybridized carbons (Fsp3) is 0.0612. The molecule has 0 fully saturated rings. The third kappa shape index (κ3) is 4.28. The van der Waals surface area contributed by atoms with Gasteiger partial charge in [-0.3, -0.25) is 4.57 Å². The van der Waals surface area contributed by atoms with E-state index in [1.165, 1.54) is 41.7 Å². The molecule has 258 valence electrons. The first-order chi connectivity index (χ1) is 27.2. The zero-order valence-corrected chi connectivity index (χ0v) is 30.6. The summed E-state index contributed by atoms with van der Waals surface area (Å²) in [7, 11) is 0. The number of rotatable bonds is 2. The number of aliphatic imine (C=N–C) groups is 2. The van der Waals surface area contributed by atoms with Crippen molar-refractivity contribution >= 4 is 97.6 Å². The molecule has 0 N–H and O–H groups in total. The van der Waals surface area contributed by atoms with E-state index >= 15 is 0 Å². The van der Waals surface area contributed by atoms with Crippen LogP contribution in [-0.4, -0.2) is 26.2 Å². The lowest BCUT2D eigenvalue weighted by Crippen LogP contribution is -2.37. The predicted octanol–water partition coefficient (Wildman–Crippen LogP) is 12.6. The van der Waals surface area contributed by atoms with Crippen LogP contribution in [0.15, 0.2) is 174 Å². The number of thiophene rings is 1. The number of fused-ring (bicyclic) bond motifs is 14. The lowest BCUT2D eigenvalue weighted by molar-refractivity contribution is 0.464. The first-order valence-electron chi connectivity index (χ1n) is 18.7. The van der Waals surface area contributed by atoms with Gasteiger partial charge in [0.2, 0.25) is 5.96 Å². The van der Waals surface area contributed by atoms with E-state index in [4.69, 9.17) is 20.0 Å². The van der Waals surface area contributed by atoms with E-state index in [0.717, 1.165) is 55.4 Å². The third-order valence-corrected chi connectivity index (χ3v) is 12.9. The number of hydrogen-bond donors (Lipinski definition) is 0. The second kappa shape index (κ2) is 11.4. The van der Waals surface area contributed by atoms with Crippen LogP contribution >= 0.6 is 11.3 Å². The number of benzene rings is 6. The summed E-state index contributed by atoms with van der Waals surface area (Å²) in [6.07, 6.45) is 10.4. The first kappa shape index (κ1) is 30.7. The molecule has 2 unspecified atom stereocenters. The topological polar surface area (TPSA) is 55.4 Å². The highest BCUT2D eigenvalue weighted by Gasteiger charge is 2.41. The molecule has 1 aliphatic carbocycles.